The monoisotopic (exact) mass is 306 g/mol. The summed E-state index contributed by atoms with van der Waals surface area (Å²) in [6, 6.07) is 5.74. The van der Waals surface area contributed by atoms with Gasteiger partial charge in [0.25, 0.3) is 11.6 Å². The molecule has 7 nitrogen and oxygen atoms in total. The lowest BCUT2D eigenvalue weighted by Crippen LogP contribution is -2.38. The molecule has 0 spiro atoms. The third-order valence-electron chi connectivity index (χ3n) is 3.63. The molecule has 1 aromatic rings. The summed E-state index contributed by atoms with van der Waals surface area (Å²) in [4.78, 5) is 36.0. The van der Waals surface area contributed by atoms with Gasteiger partial charge < -0.3 is 9.64 Å². The molecule has 1 unspecified atom stereocenters. The highest BCUT2D eigenvalue weighted by Gasteiger charge is 2.35. The Kier molecular flexibility index (Phi) is 4.75. The molecule has 0 heterocycles. The van der Waals surface area contributed by atoms with Crippen molar-refractivity contribution in [2.24, 2.45) is 5.92 Å². The Morgan fingerprint density at radius 3 is 2.68 bits per heavy atom. The van der Waals surface area contributed by atoms with Crippen molar-refractivity contribution in [2.75, 3.05) is 13.7 Å². The van der Waals surface area contributed by atoms with Crippen LogP contribution in [0.1, 0.15) is 30.1 Å². The lowest BCUT2D eigenvalue weighted by Gasteiger charge is -2.25. The fourth-order valence-corrected chi connectivity index (χ4v) is 2.27. The zero-order valence-corrected chi connectivity index (χ0v) is 12.5. The standard InChI is InChI=1S/C15H18N2O5/c1-10(15(19)22-2)9-16(12-6-7-12)14(18)11-4-3-5-13(8-11)17(20)21/h3-5,8,10,12H,6-7,9H2,1-2H3. The van der Waals surface area contributed by atoms with E-state index in [2.05, 4.69) is 4.74 Å². The second kappa shape index (κ2) is 6.55. The molecule has 1 aliphatic carbocycles. The number of amides is 1. The number of hydrogen-bond donors (Lipinski definition) is 0. The molecule has 7 heteroatoms. The lowest BCUT2D eigenvalue weighted by molar-refractivity contribution is -0.384. The number of ether oxygens (including phenoxy) is 1. The largest absolute Gasteiger partial charge is 0.469 e. The highest BCUT2D eigenvalue weighted by Crippen LogP contribution is 2.29. The van der Waals surface area contributed by atoms with Crippen molar-refractivity contribution in [1.29, 1.82) is 0 Å². The summed E-state index contributed by atoms with van der Waals surface area (Å²) < 4.78 is 4.68. The summed E-state index contributed by atoms with van der Waals surface area (Å²) in [5, 5.41) is 10.8. The zero-order valence-electron chi connectivity index (χ0n) is 12.5. The fraction of sp³-hybridized carbons (Fsp3) is 0.467. The van der Waals surface area contributed by atoms with Crippen LogP contribution in [0.3, 0.4) is 0 Å². The third kappa shape index (κ3) is 3.60. The highest BCUT2D eigenvalue weighted by molar-refractivity contribution is 5.95. The average molecular weight is 306 g/mol. The first-order valence-corrected chi connectivity index (χ1v) is 7.07. The predicted octanol–water partition coefficient (Wildman–Crippen LogP) is 2.01. The van der Waals surface area contributed by atoms with E-state index >= 15 is 0 Å². The Bertz CT molecular complexity index is 597. The number of nitro groups is 1. The molecule has 0 N–H and O–H groups in total. The molecule has 0 saturated heterocycles. The van der Waals surface area contributed by atoms with Crippen LogP contribution in [0.15, 0.2) is 24.3 Å². The molecule has 1 aliphatic rings. The molecule has 22 heavy (non-hydrogen) atoms. The number of carbonyl (C=O) groups is 2. The first-order valence-electron chi connectivity index (χ1n) is 7.07. The molecule has 0 aliphatic heterocycles. The van der Waals surface area contributed by atoms with Crippen molar-refractivity contribution >= 4 is 17.6 Å². The molecule has 0 bridgehead atoms. The molecular weight excluding hydrogens is 288 g/mol. The van der Waals surface area contributed by atoms with Gasteiger partial charge in [0.15, 0.2) is 0 Å². The number of nitrogens with zero attached hydrogens (tertiary/aromatic N) is 2. The quantitative estimate of drug-likeness (QED) is 0.455. The van der Waals surface area contributed by atoms with E-state index in [-0.39, 0.29) is 35.7 Å². The van der Waals surface area contributed by atoms with Gasteiger partial charge in [0.05, 0.1) is 18.0 Å². The van der Waals surface area contributed by atoms with E-state index < -0.39 is 10.8 Å². The predicted molar refractivity (Wildman–Crippen MR) is 78.3 cm³/mol. The van der Waals surface area contributed by atoms with Crippen LogP contribution >= 0.6 is 0 Å². The summed E-state index contributed by atoms with van der Waals surface area (Å²) >= 11 is 0. The summed E-state index contributed by atoms with van der Waals surface area (Å²) in [7, 11) is 1.31. The second-order valence-electron chi connectivity index (χ2n) is 5.42. The summed E-state index contributed by atoms with van der Waals surface area (Å²) in [5.41, 5.74) is 0.140. The van der Waals surface area contributed by atoms with Crippen LogP contribution in [0.4, 0.5) is 5.69 Å². The summed E-state index contributed by atoms with van der Waals surface area (Å²) in [5.74, 6) is -1.10. The van der Waals surface area contributed by atoms with Gasteiger partial charge in [-0.3, -0.25) is 19.7 Å². The van der Waals surface area contributed by atoms with E-state index in [1.807, 2.05) is 0 Å². The van der Waals surface area contributed by atoms with Gasteiger partial charge in [0.1, 0.15) is 0 Å². The van der Waals surface area contributed by atoms with Crippen LogP contribution in [0.2, 0.25) is 0 Å². The van der Waals surface area contributed by atoms with Crippen molar-refractivity contribution in [3.8, 4) is 0 Å². The zero-order chi connectivity index (χ0) is 16.3. The molecule has 0 radical (unpaired) electrons. The fourth-order valence-electron chi connectivity index (χ4n) is 2.27. The van der Waals surface area contributed by atoms with Gasteiger partial charge in [-0.25, -0.2) is 0 Å². The van der Waals surface area contributed by atoms with Crippen molar-refractivity contribution in [3.05, 3.63) is 39.9 Å². The minimum atomic E-state index is -0.532. The van der Waals surface area contributed by atoms with Gasteiger partial charge in [-0.05, 0) is 18.9 Å². The number of carbonyl (C=O) groups excluding carboxylic acids is 2. The highest BCUT2D eigenvalue weighted by atomic mass is 16.6. The molecule has 1 amide bonds. The maximum Gasteiger partial charge on any atom is 0.310 e. The first-order chi connectivity index (χ1) is 10.4. The number of methoxy groups -OCH3 is 1. The molecule has 2 rings (SSSR count). The van der Waals surface area contributed by atoms with Gasteiger partial charge in [-0.2, -0.15) is 0 Å². The number of nitro benzene ring substituents is 1. The number of non-ortho nitro benzene ring substituents is 1. The SMILES string of the molecule is COC(=O)C(C)CN(C(=O)c1cccc([N+](=O)[O-])c1)C1CC1. The van der Waals surface area contributed by atoms with Gasteiger partial charge in [0.2, 0.25) is 0 Å². The van der Waals surface area contributed by atoms with Crippen LogP contribution in [-0.2, 0) is 9.53 Å². The number of esters is 1. The van der Waals surface area contributed by atoms with Gasteiger partial charge in [0, 0.05) is 30.3 Å². The Morgan fingerprint density at radius 2 is 2.14 bits per heavy atom. The second-order valence-corrected chi connectivity index (χ2v) is 5.42. The van der Waals surface area contributed by atoms with Crippen molar-refractivity contribution in [1.82, 2.24) is 4.90 Å². The minimum Gasteiger partial charge on any atom is -0.469 e. The van der Waals surface area contributed by atoms with E-state index in [9.17, 15) is 19.7 Å². The van der Waals surface area contributed by atoms with Crippen molar-refractivity contribution in [2.45, 2.75) is 25.8 Å². The topological polar surface area (TPSA) is 89.8 Å². The van der Waals surface area contributed by atoms with Gasteiger partial charge >= 0.3 is 5.97 Å². The van der Waals surface area contributed by atoms with Crippen LogP contribution in [0.25, 0.3) is 0 Å². The Morgan fingerprint density at radius 1 is 1.45 bits per heavy atom. The van der Waals surface area contributed by atoms with Crippen molar-refractivity contribution in [3.63, 3.8) is 0 Å². The van der Waals surface area contributed by atoms with E-state index in [0.29, 0.717) is 0 Å². The van der Waals surface area contributed by atoms with Crippen LogP contribution < -0.4 is 0 Å². The molecule has 1 atom stereocenters. The first kappa shape index (κ1) is 15.9. The molecule has 1 aromatic carbocycles. The molecule has 0 aromatic heterocycles. The van der Waals surface area contributed by atoms with Crippen LogP contribution in [0.5, 0.6) is 0 Å². The van der Waals surface area contributed by atoms with E-state index in [1.165, 1.54) is 25.3 Å². The number of rotatable bonds is 6. The normalized spacial score (nSPS) is 15.0. The maximum atomic E-state index is 12.6. The number of hydrogen-bond acceptors (Lipinski definition) is 5. The summed E-state index contributed by atoms with van der Waals surface area (Å²) in [6.07, 6.45) is 1.77. The van der Waals surface area contributed by atoms with E-state index in [4.69, 9.17) is 0 Å². The molecule has 118 valence electrons. The molecular formula is C15H18N2O5. The van der Waals surface area contributed by atoms with Crippen LogP contribution in [0, 0.1) is 16.0 Å². The third-order valence-corrected chi connectivity index (χ3v) is 3.63. The maximum absolute atomic E-state index is 12.6. The Labute approximate surface area is 128 Å². The van der Waals surface area contributed by atoms with Crippen LogP contribution in [-0.4, -0.2) is 41.4 Å². The van der Waals surface area contributed by atoms with Crippen molar-refractivity contribution < 1.29 is 19.2 Å². The van der Waals surface area contributed by atoms with Gasteiger partial charge in [-0.1, -0.05) is 13.0 Å². The number of benzene rings is 1. The average Bonchev–Trinajstić information content (AvgIpc) is 3.35. The van der Waals surface area contributed by atoms with Gasteiger partial charge in [-0.15, -0.1) is 0 Å². The summed E-state index contributed by atoms with van der Waals surface area (Å²) in [6.45, 7) is 1.95. The smallest absolute Gasteiger partial charge is 0.310 e. The Balaban J connectivity index is 2.18. The molecule has 1 saturated carbocycles. The minimum absolute atomic E-state index is 0.0962. The van der Waals surface area contributed by atoms with E-state index in [1.54, 1.807) is 17.9 Å². The molecule has 1 fully saturated rings. The van der Waals surface area contributed by atoms with E-state index in [0.717, 1.165) is 12.8 Å². The Hall–Kier alpha value is -2.44. The lowest BCUT2D eigenvalue weighted by atomic mass is 10.1.